The lowest BCUT2D eigenvalue weighted by Crippen LogP contribution is -2.50. The first-order valence-electron chi connectivity index (χ1n) is 14.2. The molecule has 194 valence electrons. The molecule has 37 heavy (non-hydrogen) atoms. The van der Waals surface area contributed by atoms with Crippen molar-refractivity contribution in [1.82, 2.24) is 10.4 Å². The Morgan fingerprint density at radius 1 is 1.03 bits per heavy atom. The Morgan fingerprint density at radius 3 is 2.65 bits per heavy atom. The Bertz CT molecular complexity index is 1140. The van der Waals surface area contributed by atoms with Crippen LogP contribution in [0.15, 0.2) is 78.9 Å². The molecule has 2 aliphatic carbocycles. The highest BCUT2D eigenvalue weighted by molar-refractivity contribution is 5.94. The number of hydroxylamine groups is 2. The molecule has 2 aromatic rings. The summed E-state index contributed by atoms with van der Waals surface area (Å²) in [4.78, 5) is 19.7. The van der Waals surface area contributed by atoms with Gasteiger partial charge in [-0.05, 0) is 55.9 Å². The molecule has 6 rings (SSSR count). The number of hydrogen-bond donors (Lipinski definition) is 2. The molecule has 5 heteroatoms. The SMILES string of the molecule is O=C(NC1(CCON2CC[C@@H]3[C@H](C4C=CC=CC4)Nc4ccccc4[C@@H]32)CCCCC1)c1ccccc1. The van der Waals surface area contributed by atoms with E-state index in [1.165, 1.54) is 17.7 Å². The number of carbonyl (C=O) groups is 1. The summed E-state index contributed by atoms with van der Waals surface area (Å²) in [5.74, 6) is 1.05. The van der Waals surface area contributed by atoms with Gasteiger partial charge in [-0.1, -0.05) is 80.0 Å². The Hall–Kier alpha value is -2.89. The van der Waals surface area contributed by atoms with E-state index in [0.29, 0.717) is 24.5 Å². The standard InChI is InChI=1S/C32H39N3O2/c36-31(25-14-6-2-7-15-25)34-32(19-10-3-11-20-32)21-23-37-35-22-18-27-29(24-12-4-1-5-13-24)33-28-17-9-8-16-26(28)30(27)35/h1-2,4-9,12,14-17,24,27,29-30,33H,3,10-11,13,18-23H2,(H,34,36)/t24?,27-,29+,30+/m1/s1. The van der Waals surface area contributed by atoms with Crippen LogP contribution in [0.25, 0.3) is 0 Å². The largest absolute Gasteiger partial charge is 0.381 e. The third-order valence-electron chi connectivity index (χ3n) is 9.00. The van der Waals surface area contributed by atoms with Gasteiger partial charge in [0.05, 0.1) is 12.6 Å². The summed E-state index contributed by atoms with van der Waals surface area (Å²) in [6, 6.07) is 19.0. The number of nitrogens with one attached hydrogen (secondary N) is 2. The molecule has 0 aromatic heterocycles. The Labute approximate surface area is 220 Å². The number of hydrogen-bond acceptors (Lipinski definition) is 4. The first-order valence-corrected chi connectivity index (χ1v) is 14.2. The summed E-state index contributed by atoms with van der Waals surface area (Å²) in [5, 5.41) is 9.59. The molecule has 2 heterocycles. The summed E-state index contributed by atoms with van der Waals surface area (Å²) in [6.07, 6.45) is 17.7. The van der Waals surface area contributed by atoms with Gasteiger partial charge in [-0.2, -0.15) is 5.06 Å². The predicted molar refractivity (Wildman–Crippen MR) is 148 cm³/mol. The zero-order valence-corrected chi connectivity index (χ0v) is 21.6. The second-order valence-corrected chi connectivity index (χ2v) is 11.3. The molecule has 1 amide bonds. The lowest BCUT2D eigenvalue weighted by molar-refractivity contribution is -0.180. The predicted octanol–water partition coefficient (Wildman–Crippen LogP) is 6.43. The molecule has 2 aliphatic heterocycles. The van der Waals surface area contributed by atoms with Gasteiger partial charge in [0.2, 0.25) is 0 Å². The fourth-order valence-electron chi connectivity index (χ4n) is 7.08. The fraction of sp³-hybridized carbons (Fsp3) is 0.469. The third-order valence-corrected chi connectivity index (χ3v) is 9.00. The summed E-state index contributed by atoms with van der Waals surface area (Å²) < 4.78 is 0. The van der Waals surface area contributed by atoms with Crippen LogP contribution < -0.4 is 10.6 Å². The molecule has 0 radical (unpaired) electrons. The van der Waals surface area contributed by atoms with Gasteiger partial charge in [-0.25, -0.2) is 0 Å². The van der Waals surface area contributed by atoms with Crippen LogP contribution in [-0.4, -0.2) is 35.7 Å². The van der Waals surface area contributed by atoms with Crippen LogP contribution in [0.2, 0.25) is 0 Å². The Morgan fingerprint density at radius 2 is 1.84 bits per heavy atom. The number of nitrogens with zero attached hydrogens (tertiary/aromatic N) is 1. The molecule has 4 atom stereocenters. The minimum Gasteiger partial charge on any atom is -0.381 e. The zero-order valence-electron chi connectivity index (χ0n) is 21.6. The summed E-state index contributed by atoms with van der Waals surface area (Å²) >= 11 is 0. The highest BCUT2D eigenvalue weighted by Gasteiger charge is 2.47. The van der Waals surface area contributed by atoms with Gasteiger partial charge < -0.3 is 10.6 Å². The van der Waals surface area contributed by atoms with Crippen molar-refractivity contribution in [3.8, 4) is 0 Å². The molecule has 0 bridgehead atoms. The molecule has 1 unspecified atom stereocenters. The van der Waals surface area contributed by atoms with Gasteiger partial charge in [-0.15, -0.1) is 0 Å². The lowest BCUT2D eigenvalue weighted by atomic mass is 9.76. The normalized spacial score (nSPS) is 28.2. The van der Waals surface area contributed by atoms with Crippen LogP contribution in [0.4, 0.5) is 5.69 Å². The lowest BCUT2D eigenvalue weighted by Gasteiger charge is -2.42. The number of rotatable bonds is 7. The van der Waals surface area contributed by atoms with Crippen molar-refractivity contribution in [3.63, 3.8) is 0 Å². The van der Waals surface area contributed by atoms with Crippen molar-refractivity contribution in [2.24, 2.45) is 11.8 Å². The number of fused-ring (bicyclic) bond motifs is 3. The number of allylic oxidation sites excluding steroid dienone is 3. The van der Waals surface area contributed by atoms with Crippen LogP contribution in [-0.2, 0) is 4.84 Å². The monoisotopic (exact) mass is 497 g/mol. The molecule has 2 N–H and O–H groups in total. The van der Waals surface area contributed by atoms with Crippen LogP contribution in [0.1, 0.15) is 73.3 Å². The van der Waals surface area contributed by atoms with E-state index < -0.39 is 0 Å². The molecule has 0 spiro atoms. The van der Waals surface area contributed by atoms with Gasteiger partial charge in [-0.3, -0.25) is 9.63 Å². The molecule has 4 aliphatic rings. The van der Waals surface area contributed by atoms with E-state index in [2.05, 4.69) is 64.3 Å². The second-order valence-electron chi connectivity index (χ2n) is 11.3. The van der Waals surface area contributed by atoms with E-state index in [0.717, 1.165) is 57.1 Å². The number of anilines is 1. The molecule has 2 aromatic carbocycles. The molecule has 1 saturated heterocycles. The van der Waals surface area contributed by atoms with E-state index in [1.807, 2.05) is 30.3 Å². The van der Waals surface area contributed by atoms with Gasteiger partial charge >= 0.3 is 0 Å². The molecular formula is C32H39N3O2. The highest BCUT2D eigenvalue weighted by Crippen LogP contribution is 2.49. The van der Waals surface area contributed by atoms with Crippen LogP contribution >= 0.6 is 0 Å². The first kappa shape index (κ1) is 24.4. The van der Waals surface area contributed by atoms with Crippen molar-refractivity contribution >= 4 is 11.6 Å². The van der Waals surface area contributed by atoms with Crippen molar-refractivity contribution in [2.75, 3.05) is 18.5 Å². The number of carbonyl (C=O) groups excluding carboxylic acids is 1. The van der Waals surface area contributed by atoms with Crippen molar-refractivity contribution < 1.29 is 9.63 Å². The third kappa shape index (κ3) is 5.12. The van der Waals surface area contributed by atoms with Gasteiger partial charge in [0, 0.05) is 41.2 Å². The minimum absolute atomic E-state index is 0.0356. The van der Waals surface area contributed by atoms with Crippen LogP contribution in [0, 0.1) is 11.8 Å². The maximum absolute atomic E-state index is 13.1. The van der Waals surface area contributed by atoms with E-state index in [-0.39, 0.29) is 17.5 Å². The van der Waals surface area contributed by atoms with Crippen molar-refractivity contribution in [3.05, 3.63) is 90.0 Å². The molecule has 1 saturated carbocycles. The zero-order chi connectivity index (χ0) is 25.1. The van der Waals surface area contributed by atoms with Gasteiger partial charge in [0.25, 0.3) is 5.91 Å². The average Bonchev–Trinajstić information content (AvgIpc) is 3.38. The highest BCUT2D eigenvalue weighted by atomic mass is 16.7. The second kappa shape index (κ2) is 10.8. The van der Waals surface area contributed by atoms with Gasteiger partial charge in [0.15, 0.2) is 0 Å². The summed E-state index contributed by atoms with van der Waals surface area (Å²) in [7, 11) is 0. The van der Waals surface area contributed by atoms with Gasteiger partial charge in [0.1, 0.15) is 0 Å². The number of benzene rings is 2. The van der Waals surface area contributed by atoms with E-state index in [1.54, 1.807) is 0 Å². The quantitative estimate of drug-likeness (QED) is 0.463. The maximum Gasteiger partial charge on any atom is 0.251 e. The summed E-state index contributed by atoms with van der Waals surface area (Å²) in [6.45, 7) is 1.57. The fourth-order valence-corrected chi connectivity index (χ4v) is 7.08. The molecule has 2 fully saturated rings. The van der Waals surface area contributed by atoms with Crippen molar-refractivity contribution in [2.45, 2.75) is 69.0 Å². The molecular weight excluding hydrogens is 458 g/mol. The summed E-state index contributed by atoms with van der Waals surface area (Å²) in [5.41, 5.74) is 3.14. The minimum atomic E-state index is -0.182. The number of para-hydroxylation sites is 1. The van der Waals surface area contributed by atoms with Crippen LogP contribution in [0.5, 0.6) is 0 Å². The van der Waals surface area contributed by atoms with E-state index in [4.69, 9.17) is 4.84 Å². The average molecular weight is 498 g/mol. The maximum atomic E-state index is 13.1. The van der Waals surface area contributed by atoms with Crippen molar-refractivity contribution in [1.29, 1.82) is 0 Å². The Balaban J connectivity index is 1.15. The topological polar surface area (TPSA) is 53.6 Å². The Kier molecular flexibility index (Phi) is 7.16. The van der Waals surface area contributed by atoms with E-state index in [9.17, 15) is 4.79 Å². The van der Waals surface area contributed by atoms with Crippen LogP contribution in [0.3, 0.4) is 0 Å². The van der Waals surface area contributed by atoms with E-state index >= 15 is 0 Å². The first-order chi connectivity index (χ1) is 18.2. The smallest absolute Gasteiger partial charge is 0.251 e. The molecule has 5 nitrogen and oxygen atoms in total. The number of amides is 1.